The van der Waals surface area contributed by atoms with Gasteiger partial charge in [0.25, 0.3) is 0 Å². The summed E-state index contributed by atoms with van der Waals surface area (Å²) in [6.07, 6.45) is -0.593. The van der Waals surface area contributed by atoms with Crippen LogP contribution in [0.2, 0.25) is 0 Å². The lowest BCUT2D eigenvalue weighted by Gasteiger charge is -2.24. The number of alkyl carbamates (subject to hydrolysis) is 1. The van der Waals surface area contributed by atoms with Gasteiger partial charge in [-0.1, -0.05) is 54.7 Å². The van der Waals surface area contributed by atoms with Crippen molar-refractivity contribution in [2.75, 3.05) is 12.4 Å². The summed E-state index contributed by atoms with van der Waals surface area (Å²) in [5.74, 6) is -1.70. The third-order valence-corrected chi connectivity index (χ3v) is 4.46. The predicted octanol–water partition coefficient (Wildman–Crippen LogP) is 3.04. The number of hydrogen-bond acceptors (Lipinski definition) is 8. The number of amides is 1. The Kier molecular flexibility index (Phi) is 10.8. The van der Waals surface area contributed by atoms with Crippen molar-refractivity contribution in [3.8, 4) is 0 Å². The number of rotatable bonds is 10. The van der Waals surface area contributed by atoms with Gasteiger partial charge in [-0.05, 0) is 26.3 Å². The lowest BCUT2D eigenvalue weighted by Crippen LogP contribution is -2.47. The third-order valence-electron chi connectivity index (χ3n) is 3.56. The average molecular weight is 452 g/mol. The van der Waals surface area contributed by atoms with Gasteiger partial charge in [0.1, 0.15) is 18.2 Å². The van der Waals surface area contributed by atoms with Gasteiger partial charge < -0.3 is 19.5 Å². The molecule has 0 fully saturated rings. The molecule has 0 bridgehead atoms. The number of thioether (sulfide) groups is 1. The molecule has 1 aromatic rings. The first-order valence-electron chi connectivity index (χ1n) is 9.66. The van der Waals surface area contributed by atoms with Gasteiger partial charge in [0.2, 0.25) is 6.10 Å². The molecule has 0 aliphatic heterocycles. The second-order valence-corrected chi connectivity index (χ2v) is 8.73. The van der Waals surface area contributed by atoms with Crippen molar-refractivity contribution < 1.29 is 33.4 Å². The minimum Gasteiger partial charge on any atom is -0.459 e. The highest BCUT2D eigenvalue weighted by atomic mass is 32.2. The summed E-state index contributed by atoms with van der Waals surface area (Å²) in [6.45, 7) is 9.81. The molecule has 0 aliphatic carbocycles. The molecule has 0 radical (unpaired) electrons. The molecule has 8 nitrogen and oxygen atoms in total. The molecule has 170 valence electrons. The van der Waals surface area contributed by atoms with Crippen LogP contribution in [0.4, 0.5) is 4.79 Å². The molecular weight excluding hydrogens is 422 g/mol. The molecule has 1 aromatic carbocycles. The van der Waals surface area contributed by atoms with E-state index < -0.39 is 35.8 Å². The van der Waals surface area contributed by atoms with E-state index in [1.807, 2.05) is 6.07 Å². The van der Waals surface area contributed by atoms with Crippen LogP contribution in [0.1, 0.15) is 33.3 Å². The number of benzene rings is 1. The van der Waals surface area contributed by atoms with Crippen molar-refractivity contribution in [3.05, 3.63) is 48.6 Å². The van der Waals surface area contributed by atoms with Crippen LogP contribution in [-0.4, -0.2) is 53.3 Å². The van der Waals surface area contributed by atoms with E-state index in [1.54, 1.807) is 45.0 Å². The fourth-order valence-electron chi connectivity index (χ4n) is 2.28. The molecule has 2 atom stereocenters. The standard InChI is InChI=1S/C22H29NO7S/c1-6-12-28-20(26)18(13-16-10-8-7-9-11-16)29-19(25)17(14-31-15(2)24)23-21(27)30-22(3,4)5/h6-11,17-18H,1,12-14H2,2-5H3,(H,23,27)/t17-,18+/m1/s1. The first kappa shape index (κ1) is 26.2. The zero-order valence-electron chi connectivity index (χ0n) is 18.2. The second-order valence-electron chi connectivity index (χ2n) is 7.54. The number of esters is 2. The highest BCUT2D eigenvalue weighted by Crippen LogP contribution is 2.13. The maximum absolute atomic E-state index is 12.8. The lowest BCUT2D eigenvalue weighted by molar-refractivity contribution is -0.168. The smallest absolute Gasteiger partial charge is 0.408 e. The van der Waals surface area contributed by atoms with Gasteiger partial charge in [-0.25, -0.2) is 14.4 Å². The van der Waals surface area contributed by atoms with Gasteiger partial charge in [-0.2, -0.15) is 0 Å². The Morgan fingerprint density at radius 3 is 2.32 bits per heavy atom. The van der Waals surface area contributed by atoms with Crippen molar-refractivity contribution in [3.63, 3.8) is 0 Å². The monoisotopic (exact) mass is 451 g/mol. The van der Waals surface area contributed by atoms with Crippen LogP contribution >= 0.6 is 11.8 Å². The van der Waals surface area contributed by atoms with Crippen LogP contribution in [0.25, 0.3) is 0 Å². The Balaban J connectivity index is 2.96. The van der Waals surface area contributed by atoms with Crippen molar-refractivity contribution in [1.29, 1.82) is 0 Å². The molecule has 31 heavy (non-hydrogen) atoms. The van der Waals surface area contributed by atoms with Crippen LogP contribution in [-0.2, 0) is 35.0 Å². The number of ether oxygens (including phenoxy) is 3. The Morgan fingerprint density at radius 1 is 1.13 bits per heavy atom. The SMILES string of the molecule is C=CCOC(=O)[C@H](Cc1ccccc1)OC(=O)[C@@H](CSC(C)=O)NC(=O)OC(C)(C)C. The zero-order chi connectivity index (χ0) is 23.4. The predicted molar refractivity (Wildman–Crippen MR) is 117 cm³/mol. The summed E-state index contributed by atoms with van der Waals surface area (Å²) in [7, 11) is 0. The van der Waals surface area contributed by atoms with E-state index in [4.69, 9.17) is 14.2 Å². The van der Waals surface area contributed by atoms with Crippen molar-refractivity contribution in [2.45, 2.75) is 51.9 Å². The molecular formula is C22H29NO7S. The molecule has 0 spiro atoms. The van der Waals surface area contributed by atoms with E-state index in [-0.39, 0.29) is 23.9 Å². The maximum Gasteiger partial charge on any atom is 0.408 e. The minimum atomic E-state index is -1.24. The lowest BCUT2D eigenvalue weighted by atomic mass is 10.1. The summed E-state index contributed by atoms with van der Waals surface area (Å²) in [6, 6.07) is 7.77. The summed E-state index contributed by atoms with van der Waals surface area (Å²) >= 11 is 0.842. The van der Waals surface area contributed by atoms with E-state index in [0.717, 1.165) is 17.3 Å². The van der Waals surface area contributed by atoms with Gasteiger partial charge in [0, 0.05) is 19.1 Å². The van der Waals surface area contributed by atoms with E-state index in [1.165, 1.54) is 13.0 Å². The fraction of sp³-hybridized carbons (Fsp3) is 0.455. The van der Waals surface area contributed by atoms with E-state index in [9.17, 15) is 19.2 Å². The van der Waals surface area contributed by atoms with Gasteiger partial charge in [-0.15, -0.1) is 0 Å². The zero-order valence-corrected chi connectivity index (χ0v) is 19.0. The van der Waals surface area contributed by atoms with Crippen LogP contribution < -0.4 is 5.32 Å². The summed E-state index contributed by atoms with van der Waals surface area (Å²) < 4.78 is 15.6. The van der Waals surface area contributed by atoms with E-state index >= 15 is 0 Å². The topological polar surface area (TPSA) is 108 Å². The molecule has 1 N–H and O–H groups in total. The number of carbonyl (C=O) groups is 4. The Bertz CT molecular complexity index is 774. The van der Waals surface area contributed by atoms with Crippen molar-refractivity contribution in [1.82, 2.24) is 5.32 Å². The van der Waals surface area contributed by atoms with Gasteiger partial charge in [0.15, 0.2) is 5.12 Å². The van der Waals surface area contributed by atoms with Crippen molar-refractivity contribution >= 4 is 34.9 Å². The molecule has 0 heterocycles. The first-order chi connectivity index (χ1) is 14.5. The number of nitrogens with one attached hydrogen (secondary N) is 1. The van der Waals surface area contributed by atoms with Crippen LogP contribution in [0.15, 0.2) is 43.0 Å². The molecule has 0 unspecified atom stereocenters. The minimum absolute atomic E-state index is 0.0402. The van der Waals surface area contributed by atoms with Crippen molar-refractivity contribution in [2.24, 2.45) is 0 Å². The molecule has 9 heteroatoms. The number of hydrogen-bond donors (Lipinski definition) is 1. The highest BCUT2D eigenvalue weighted by molar-refractivity contribution is 8.13. The van der Waals surface area contributed by atoms with Gasteiger partial charge in [0.05, 0.1) is 0 Å². The Morgan fingerprint density at radius 2 is 1.77 bits per heavy atom. The van der Waals surface area contributed by atoms with Crippen LogP contribution in [0.3, 0.4) is 0 Å². The molecule has 1 rings (SSSR count). The summed E-state index contributed by atoms with van der Waals surface area (Å²) in [4.78, 5) is 48.7. The second kappa shape index (κ2) is 12.8. The van der Waals surface area contributed by atoms with Crippen LogP contribution in [0.5, 0.6) is 0 Å². The van der Waals surface area contributed by atoms with Gasteiger partial charge in [-0.3, -0.25) is 4.79 Å². The molecule has 0 aliphatic rings. The van der Waals surface area contributed by atoms with E-state index in [2.05, 4.69) is 11.9 Å². The summed E-state index contributed by atoms with van der Waals surface area (Å²) in [5, 5.41) is 2.16. The maximum atomic E-state index is 12.8. The highest BCUT2D eigenvalue weighted by Gasteiger charge is 2.31. The number of carbonyl (C=O) groups excluding carboxylic acids is 4. The first-order valence-corrected chi connectivity index (χ1v) is 10.6. The fourth-order valence-corrected chi connectivity index (χ4v) is 2.90. The molecule has 0 saturated carbocycles. The third kappa shape index (κ3) is 11.2. The average Bonchev–Trinajstić information content (AvgIpc) is 2.67. The molecule has 1 amide bonds. The van der Waals surface area contributed by atoms with E-state index in [0.29, 0.717) is 0 Å². The largest absolute Gasteiger partial charge is 0.459 e. The quantitative estimate of drug-likeness (QED) is 0.329. The Hall–Kier alpha value is -2.81. The van der Waals surface area contributed by atoms with Crippen LogP contribution in [0, 0.1) is 0 Å². The molecule has 0 aromatic heterocycles. The summed E-state index contributed by atoms with van der Waals surface area (Å²) in [5.41, 5.74) is -0.0260. The normalized spacial score (nSPS) is 12.8. The van der Waals surface area contributed by atoms with Gasteiger partial charge >= 0.3 is 18.0 Å². The molecule has 0 saturated heterocycles. The Labute approximate surface area is 186 Å².